The summed E-state index contributed by atoms with van der Waals surface area (Å²) in [5, 5.41) is 3.41. The van der Waals surface area contributed by atoms with E-state index in [1.54, 1.807) is 16.2 Å². The second-order valence-corrected chi connectivity index (χ2v) is 6.96. The molecule has 1 atom stereocenters. The fourth-order valence-corrected chi connectivity index (χ4v) is 2.50. The van der Waals surface area contributed by atoms with Crippen molar-refractivity contribution in [3.05, 3.63) is 16.6 Å². The summed E-state index contributed by atoms with van der Waals surface area (Å²) in [6.45, 7) is 11.9. The number of hydrogen-bond acceptors (Lipinski definition) is 5. The Morgan fingerprint density at radius 1 is 1.48 bits per heavy atom. The fourth-order valence-electron chi connectivity index (χ4n) is 1.85. The lowest BCUT2D eigenvalue weighted by Crippen LogP contribution is -2.41. The van der Waals surface area contributed by atoms with Gasteiger partial charge in [0.25, 0.3) is 0 Å². The first-order valence-corrected chi connectivity index (χ1v) is 8.31. The molecular weight excluding hydrogens is 286 g/mol. The molecule has 0 saturated carbocycles. The lowest BCUT2D eigenvalue weighted by Gasteiger charge is -2.27. The third-order valence-electron chi connectivity index (χ3n) is 2.86. The van der Waals surface area contributed by atoms with E-state index in [1.165, 1.54) is 4.88 Å². The van der Waals surface area contributed by atoms with Crippen molar-refractivity contribution >= 4 is 17.4 Å². The lowest BCUT2D eigenvalue weighted by atomic mass is 10.2. The Kier molecular flexibility index (Phi) is 7.11. The molecule has 0 aliphatic carbocycles. The molecule has 5 nitrogen and oxygen atoms in total. The molecule has 1 heterocycles. The average Bonchev–Trinajstić information content (AvgIpc) is 2.89. The van der Waals surface area contributed by atoms with E-state index in [9.17, 15) is 4.79 Å². The Balaban J connectivity index is 2.42. The highest BCUT2D eigenvalue weighted by atomic mass is 32.1. The van der Waals surface area contributed by atoms with E-state index in [2.05, 4.69) is 24.1 Å². The van der Waals surface area contributed by atoms with Crippen LogP contribution in [-0.4, -0.2) is 41.2 Å². The summed E-state index contributed by atoms with van der Waals surface area (Å²) in [4.78, 5) is 19.2. The van der Waals surface area contributed by atoms with Gasteiger partial charge in [0.1, 0.15) is 5.60 Å². The number of nitrogens with one attached hydrogen (secondary N) is 1. The van der Waals surface area contributed by atoms with Gasteiger partial charge in [-0.1, -0.05) is 6.92 Å². The molecule has 1 unspecified atom stereocenters. The average molecular weight is 313 g/mol. The van der Waals surface area contributed by atoms with Crippen LogP contribution >= 0.6 is 11.3 Å². The van der Waals surface area contributed by atoms with E-state index < -0.39 is 5.60 Å². The zero-order valence-corrected chi connectivity index (χ0v) is 14.5. The first kappa shape index (κ1) is 17.9. The number of ether oxygens (including phenoxy) is 1. The van der Waals surface area contributed by atoms with Gasteiger partial charge in [0.05, 0.1) is 5.51 Å². The van der Waals surface area contributed by atoms with Gasteiger partial charge in [-0.2, -0.15) is 0 Å². The zero-order valence-electron chi connectivity index (χ0n) is 13.7. The molecule has 1 rings (SSSR count). The topological polar surface area (TPSA) is 54.5 Å². The molecule has 6 heteroatoms. The molecule has 0 spiro atoms. The second-order valence-electron chi connectivity index (χ2n) is 6.05. The highest BCUT2D eigenvalue weighted by molar-refractivity contribution is 7.09. The monoisotopic (exact) mass is 313 g/mol. The van der Waals surface area contributed by atoms with Crippen LogP contribution in [0, 0.1) is 0 Å². The Morgan fingerprint density at radius 2 is 2.19 bits per heavy atom. The molecule has 21 heavy (non-hydrogen) atoms. The van der Waals surface area contributed by atoms with Gasteiger partial charge < -0.3 is 15.0 Å². The molecule has 120 valence electrons. The van der Waals surface area contributed by atoms with Crippen molar-refractivity contribution in [2.75, 3.05) is 19.6 Å². The zero-order chi connectivity index (χ0) is 15.9. The van der Waals surface area contributed by atoms with Crippen molar-refractivity contribution < 1.29 is 9.53 Å². The number of aromatic nitrogens is 1. The van der Waals surface area contributed by atoms with Gasteiger partial charge >= 0.3 is 6.09 Å². The number of hydrogen-bond donors (Lipinski definition) is 1. The van der Waals surface area contributed by atoms with Crippen LogP contribution < -0.4 is 5.32 Å². The van der Waals surface area contributed by atoms with Crippen LogP contribution in [0.2, 0.25) is 0 Å². The maximum absolute atomic E-state index is 12.1. The molecule has 1 aromatic heterocycles. The van der Waals surface area contributed by atoms with Crippen molar-refractivity contribution in [1.82, 2.24) is 15.2 Å². The molecule has 0 fully saturated rings. The molecule has 0 aromatic carbocycles. The predicted octanol–water partition coefficient (Wildman–Crippen LogP) is 3.44. The number of carbonyl (C=O) groups excluding carboxylic acids is 1. The minimum atomic E-state index is -0.452. The summed E-state index contributed by atoms with van der Waals surface area (Å²) in [5.41, 5.74) is 1.38. The summed E-state index contributed by atoms with van der Waals surface area (Å²) < 4.78 is 5.43. The number of thiazole rings is 1. The maximum atomic E-state index is 12.1. The van der Waals surface area contributed by atoms with Gasteiger partial charge in [0, 0.05) is 36.8 Å². The van der Waals surface area contributed by atoms with E-state index >= 15 is 0 Å². The highest BCUT2D eigenvalue weighted by Crippen LogP contribution is 2.16. The van der Waals surface area contributed by atoms with Crippen LogP contribution in [-0.2, 0) is 4.74 Å². The second kappa shape index (κ2) is 8.34. The molecule has 0 aliphatic rings. The van der Waals surface area contributed by atoms with Gasteiger partial charge in [-0.3, -0.25) is 4.98 Å². The molecule has 0 bridgehead atoms. The largest absolute Gasteiger partial charge is 0.444 e. The minimum absolute atomic E-state index is 0.239. The Morgan fingerprint density at radius 3 is 2.71 bits per heavy atom. The molecule has 0 saturated heterocycles. The molecule has 1 amide bonds. The van der Waals surface area contributed by atoms with Crippen molar-refractivity contribution in [2.45, 2.75) is 52.7 Å². The molecule has 0 radical (unpaired) electrons. The Labute approximate surface area is 131 Å². The van der Waals surface area contributed by atoms with Gasteiger partial charge in [0.2, 0.25) is 0 Å². The highest BCUT2D eigenvalue weighted by Gasteiger charge is 2.21. The van der Waals surface area contributed by atoms with Crippen LogP contribution in [0.25, 0.3) is 0 Å². The first-order valence-electron chi connectivity index (χ1n) is 7.43. The third kappa shape index (κ3) is 6.91. The van der Waals surface area contributed by atoms with Crippen molar-refractivity contribution in [2.24, 2.45) is 0 Å². The van der Waals surface area contributed by atoms with E-state index in [1.807, 2.05) is 32.5 Å². The number of rotatable bonds is 7. The summed E-state index contributed by atoms with van der Waals surface area (Å²) in [6.07, 6.45) is 2.56. The molecular formula is C15H27N3O2S. The minimum Gasteiger partial charge on any atom is -0.444 e. The summed E-state index contributed by atoms with van der Waals surface area (Å²) in [6, 6.07) is 0.250. The van der Waals surface area contributed by atoms with Crippen molar-refractivity contribution in [1.29, 1.82) is 0 Å². The lowest BCUT2D eigenvalue weighted by molar-refractivity contribution is 0.0251. The summed E-state index contributed by atoms with van der Waals surface area (Å²) >= 11 is 1.64. The van der Waals surface area contributed by atoms with Crippen molar-refractivity contribution in [3.63, 3.8) is 0 Å². The quantitative estimate of drug-likeness (QED) is 0.838. The maximum Gasteiger partial charge on any atom is 0.410 e. The van der Waals surface area contributed by atoms with Crippen LogP contribution in [0.1, 0.15) is 52.0 Å². The Hall–Kier alpha value is -1.14. The predicted molar refractivity (Wildman–Crippen MR) is 86.6 cm³/mol. The third-order valence-corrected chi connectivity index (χ3v) is 3.81. The smallest absolute Gasteiger partial charge is 0.410 e. The van der Waals surface area contributed by atoms with E-state index in [0.717, 1.165) is 13.0 Å². The van der Waals surface area contributed by atoms with E-state index in [-0.39, 0.29) is 12.1 Å². The van der Waals surface area contributed by atoms with Gasteiger partial charge in [-0.15, -0.1) is 11.3 Å². The van der Waals surface area contributed by atoms with E-state index in [0.29, 0.717) is 13.1 Å². The normalized spacial score (nSPS) is 13.0. The van der Waals surface area contributed by atoms with Gasteiger partial charge in [-0.25, -0.2) is 4.79 Å². The van der Waals surface area contributed by atoms with E-state index in [4.69, 9.17) is 4.74 Å². The standard InChI is InChI=1S/C15H27N3O2S/c1-6-8-18(14(19)20-15(3,4)5)9-7-17-12(2)13-10-16-11-21-13/h10-12,17H,6-9H2,1-5H3. The number of carbonyl (C=O) groups is 1. The Bertz CT molecular complexity index is 415. The number of amides is 1. The SMILES string of the molecule is CCCN(CCNC(C)c1cncs1)C(=O)OC(C)(C)C. The van der Waals surface area contributed by atoms with Gasteiger partial charge in [-0.05, 0) is 34.1 Å². The number of nitrogens with zero attached hydrogens (tertiary/aromatic N) is 2. The molecule has 1 aromatic rings. The summed E-state index contributed by atoms with van der Waals surface area (Å²) in [5.74, 6) is 0. The summed E-state index contributed by atoms with van der Waals surface area (Å²) in [7, 11) is 0. The van der Waals surface area contributed by atoms with Crippen molar-refractivity contribution in [3.8, 4) is 0 Å². The first-order chi connectivity index (χ1) is 9.83. The van der Waals surface area contributed by atoms with Crippen LogP contribution in [0.3, 0.4) is 0 Å². The van der Waals surface area contributed by atoms with Crippen LogP contribution in [0.5, 0.6) is 0 Å². The van der Waals surface area contributed by atoms with Crippen LogP contribution in [0.4, 0.5) is 4.79 Å². The van der Waals surface area contributed by atoms with Crippen LogP contribution in [0.15, 0.2) is 11.7 Å². The molecule has 0 aliphatic heterocycles. The molecule has 1 N–H and O–H groups in total. The van der Waals surface area contributed by atoms with Gasteiger partial charge in [0.15, 0.2) is 0 Å². The fraction of sp³-hybridized carbons (Fsp3) is 0.733.